The maximum absolute atomic E-state index is 12.9. The minimum atomic E-state index is -0.340. The molecule has 0 bridgehead atoms. The van der Waals surface area contributed by atoms with Gasteiger partial charge in [-0.2, -0.15) is 0 Å². The summed E-state index contributed by atoms with van der Waals surface area (Å²) >= 11 is 0. The number of carbonyl (C=O) groups excluding carboxylic acids is 2. The standard InChI is InChI=1S/C20H17FN2O3/c1-2-11-23-17-12-16(8-9-18(17)26-13-20(23)25)22-19(24)10-5-14-3-6-15(21)7-4-14/h2-10,12H,1,11,13H2,(H,22,24)/b10-5+. The molecular weight excluding hydrogens is 335 g/mol. The molecule has 132 valence electrons. The lowest BCUT2D eigenvalue weighted by atomic mass is 10.2. The van der Waals surface area contributed by atoms with E-state index in [1.54, 1.807) is 47.4 Å². The second kappa shape index (κ2) is 7.65. The van der Waals surface area contributed by atoms with E-state index in [9.17, 15) is 14.0 Å². The van der Waals surface area contributed by atoms with Crippen molar-refractivity contribution in [3.8, 4) is 5.75 Å². The van der Waals surface area contributed by atoms with Crippen LogP contribution in [0.2, 0.25) is 0 Å². The molecule has 1 aliphatic rings. The van der Waals surface area contributed by atoms with E-state index in [4.69, 9.17) is 4.74 Å². The number of amides is 2. The van der Waals surface area contributed by atoms with Gasteiger partial charge in [-0.25, -0.2) is 4.39 Å². The second-order valence-electron chi connectivity index (χ2n) is 5.64. The quantitative estimate of drug-likeness (QED) is 0.663. The molecule has 0 aromatic heterocycles. The molecule has 5 nitrogen and oxygen atoms in total. The van der Waals surface area contributed by atoms with Crippen molar-refractivity contribution < 1.29 is 18.7 Å². The summed E-state index contributed by atoms with van der Waals surface area (Å²) in [6, 6.07) is 10.9. The van der Waals surface area contributed by atoms with Crippen molar-refractivity contribution in [3.05, 3.63) is 72.6 Å². The van der Waals surface area contributed by atoms with Crippen LogP contribution in [0, 0.1) is 5.82 Å². The van der Waals surface area contributed by atoms with E-state index in [1.807, 2.05) is 0 Å². The number of hydrogen-bond donors (Lipinski definition) is 1. The summed E-state index contributed by atoms with van der Waals surface area (Å²) in [7, 11) is 0. The molecule has 2 aromatic carbocycles. The van der Waals surface area contributed by atoms with E-state index in [2.05, 4.69) is 11.9 Å². The highest BCUT2D eigenvalue weighted by Gasteiger charge is 2.24. The number of ether oxygens (including phenoxy) is 1. The topological polar surface area (TPSA) is 58.6 Å². The van der Waals surface area contributed by atoms with Crippen LogP contribution >= 0.6 is 0 Å². The number of rotatable bonds is 5. The predicted molar refractivity (Wildman–Crippen MR) is 98.6 cm³/mol. The van der Waals surface area contributed by atoms with Gasteiger partial charge in [-0.3, -0.25) is 9.59 Å². The molecule has 0 spiro atoms. The zero-order chi connectivity index (χ0) is 18.5. The van der Waals surface area contributed by atoms with Crippen LogP contribution in [0.4, 0.5) is 15.8 Å². The van der Waals surface area contributed by atoms with E-state index in [1.165, 1.54) is 18.2 Å². The Bertz CT molecular complexity index is 875. The fourth-order valence-corrected chi connectivity index (χ4v) is 2.54. The SMILES string of the molecule is C=CCN1C(=O)COc2ccc(NC(=O)/C=C/c3ccc(F)cc3)cc21. The molecule has 3 rings (SSSR count). The summed E-state index contributed by atoms with van der Waals surface area (Å²) in [6.07, 6.45) is 4.57. The van der Waals surface area contributed by atoms with Crippen molar-refractivity contribution in [2.45, 2.75) is 0 Å². The van der Waals surface area contributed by atoms with Crippen molar-refractivity contribution in [2.75, 3.05) is 23.4 Å². The predicted octanol–water partition coefficient (Wildman–Crippen LogP) is 3.39. The van der Waals surface area contributed by atoms with Crippen molar-refractivity contribution in [1.82, 2.24) is 0 Å². The fraction of sp³-hybridized carbons (Fsp3) is 0.100. The normalized spacial score (nSPS) is 13.3. The second-order valence-corrected chi connectivity index (χ2v) is 5.64. The van der Waals surface area contributed by atoms with Gasteiger partial charge in [0.1, 0.15) is 11.6 Å². The number of benzene rings is 2. The zero-order valence-electron chi connectivity index (χ0n) is 13.9. The Morgan fingerprint density at radius 1 is 1.27 bits per heavy atom. The van der Waals surface area contributed by atoms with Crippen LogP contribution in [0.3, 0.4) is 0 Å². The number of nitrogens with one attached hydrogen (secondary N) is 1. The monoisotopic (exact) mass is 352 g/mol. The highest BCUT2D eigenvalue weighted by atomic mass is 19.1. The van der Waals surface area contributed by atoms with Crippen LogP contribution < -0.4 is 15.0 Å². The van der Waals surface area contributed by atoms with Gasteiger partial charge >= 0.3 is 0 Å². The number of anilines is 2. The average molecular weight is 352 g/mol. The Morgan fingerprint density at radius 3 is 2.77 bits per heavy atom. The van der Waals surface area contributed by atoms with E-state index in [0.29, 0.717) is 29.2 Å². The first-order valence-corrected chi connectivity index (χ1v) is 7.99. The van der Waals surface area contributed by atoms with Crippen LogP contribution in [0.1, 0.15) is 5.56 Å². The van der Waals surface area contributed by atoms with Crippen molar-refractivity contribution in [2.24, 2.45) is 0 Å². The Hall–Kier alpha value is -3.41. The third kappa shape index (κ3) is 3.97. The smallest absolute Gasteiger partial charge is 0.265 e. The summed E-state index contributed by atoms with van der Waals surface area (Å²) in [4.78, 5) is 25.6. The Balaban J connectivity index is 1.74. The largest absolute Gasteiger partial charge is 0.482 e. The molecule has 6 heteroatoms. The van der Waals surface area contributed by atoms with Gasteiger partial charge in [0.25, 0.3) is 5.91 Å². The first kappa shape index (κ1) is 17.4. The first-order valence-electron chi connectivity index (χ1n) is 7.99. The van der Waals surface area contributed by atoms with E-state index < -0.39 is 0 Å². The highest BCUT2D eigenvalue weighted by molar-refractivity contribution is 6.03. The number of hydrogen-bond acceptors (Lipinski definition) is 3. The molecule has 0 radical (unpaired) electrons. The van der Waals surface area contributed by atoms with E-state index >= 15 is 0 Å². The third-order valence-corrected chi connectivity index (χ3v) is 3.78. The van der Waals surface area contributed by atoms with Crippen LogP contribution in [-0.4, -0.2) is 25.0 Å². The lowest BCUT2D eigenvalue weighted by molar-refractivity contribution is -0.121. The van der Waals surface area contributed by atoms with Crippen molar-refractivity contribution in [1.29, 1.82) is 0 Å². The summed E-state index contributed by atoms with van der Waals surface area (Å²) in [6.45, 7) is 3.99. The Labute approximate surface area is 150 Å². The molecule has 1 heterocycles. The minimum absolute atomic E-state index is 0.0209. The van der Waals surface area contributed by atoms with Gasteiger partial charge in [0, 0.05) is 18.3 Å². The molecule has 0 aliphatic carbocycles. The fourth-order valence-electron chi connectivity index (χ4n) is 2.54. The minimum Gasteiger partial charge on any atom is -0.482 e. The van der Waals surface area contributed by atoms with Crippen LogP contribution in [-0.2, 0) is 9.59 Å². The molecule has 2 aromatic rings. The molecule has 0 atom stereocenters. The van der Waals surface area contributed by atoms with Crippen molar-refractivity contribution >= 4 is 29.3 Å². The summed E-state index contributed by atoms with van der Waals surface area (Å²) in [5.41, 5.74) is 1.83. The van der Waals surface area contributed by atoms with Crippen LogP contribution in [0.15, 0.2) is 61.2 Å². The van der Waals surface area contributed by atoms with Crippen molar-refractivity contribution in [3.63, 3.8) is 0 Å². The molecule has 0 unspecified atom stereocenters. The van der Waals surface area contributed by atoms with Gasteiger partial charge < -0.3 is 15.0 Å². The molecule has 26 heavy (non-hydrogen) atoms. The number of carbonyl (C=O) groups is 2. The summed E-state index contributed by atoms with van der Waals surface area (Å²) in [5, 5.41) is 2.73. The zero-order valence-corrected chi connectivity index (χ0v) is 13.9. The summed E-state index contributed by atoms with van der Waals surface area (Å²) < 4.78 is 18.3. The number of halogens is 1. The molecule has 0 saturated carbocycles. The van der Waals surface area contributed by atoms with E-state index in [-0.39, 0.29) is 24.2 Å². The number of nitrogens with zero attached hydrogens (tertiary/aromatic N) is 1. The molecule has 1 N–H and O–H groups in total. The van der Waals surface area contributed by atoms with Gasteiger partial charge in [0.2, 0.25) is 5.91 Å². The van der Waals surface area contributed by atoms with E-state index in [0.717, 1.165) is 0 Å². The molecule has 1 aliphatic heterocycles. The molecule has 0 saturated heterocycles. The van der Waals surface area contributed by atoms with Gasteiger partial charge in [0.05, 0.1) is 5.69 Å². The first-order chi connectivity index (χ1) is 12.6. The van der Waals surface area contributed by atoms with Gasteiger partial charge in [-0.1, -0.05) is 18.2 Å². The maximum Gasteiger partial charge on any atom is 0.265 e. The molecule has 0 fully saturated rings. The molecule has 2 amide bonds. The lowest BCUT2D eigenvalue weighted by Gasteiger charge is -2.28. The van der Waals surface area contributed by atoms with Crippen LogP contribution in [0.25, 0.3) is 6.08 Å². The van der Waals surface area contributed by atoms with Gasteiger partial charge in [-0.15, -0.1) is 6.58 Å². The third-order valence-electron chi connectivity index (χ3n) is 3.78. The Morgan fingerprint density at radius 2 is 2.04 bits per heavy atom. The lowest BCUT2D eigenvalue weighted by Crippen LogP contribution is -2.38. The highest BCUT2D eigenvalue weighted by Crippen LogP contribution is 2.34. The summed E-state index contributed by atoms with van der Waals surface area (Å²) in [5.74, 6) is -0.266. The van der Waals surface area contributed by atoms with Gasteiger partial charge in [-0.05, 0) is 42.0 Å². The van der Waals surface area contributed by atoms with Gasteiger partial charge in [0.15, 0.2) is 6.61 Å². The van der Waals surface area contributed by atoms with Crippen LogP contribution in [0.5, 0.6) is 5.75 Å². The average Bonchev–Trinajstić information content (AvgIpc) is 2.64. The maximum atomic E-state index is 12.9. The molecular formula is C20H17FN2O3. The number of fused-ring (bicyclic) bond motifs is 1. The Kier molecular flexibility index (Phi) is 5.12.